The lowest BCUT2D eigenvalue weighted by atomic mass is 10.2. The Morgan fingerprint density at radius 2 is 1.39 bits per heavy atom. The largest absolute Gasteiger partial charge is 0.421 e. The van der Waals surface area contributed by atoms with Crippen LogP contribution in [0.4, 0.5) is 0 Å². The van der Waals surface area contributed by atoms with E-state index in [1.165, 1.54) is 0 Å². The van der Waals surface area contributed by atoms with Gasteiger partial charge in [0.1, 0.15) is 0 Å². The second-order valence-electron chi connectivity index (χ2n) is 7.50. The summed E-state index contributed by atoms with van der Waals surface area (Å²) in [6.07, 6.45) is 3.16. The van der Waals surface area contributed by atoms with E-state index in [0.29, 0.717) is 0 Å². The first-order chi connectivity index (χ1) is 7.96. The SMILES string of the molecule is CCC(CC)(O[Si](C)(C)C)[SiH](C)OC[Si](C)(C)C. The molecule has 0 saturated heterocycles. The normalized spacial score (nSPS) is 15.8. The first-order valence-corrected chi connectivity index (χ1v) is 16.6. The van der Waals surface area contributed by atoms with Gasteiger partial charge in [-0.15, -0.1) is 0 Å². The third kappa shape index (κ3) is 6.65. The maximum Gasteiger partial charge on any atom is 0.203 e. The van der Waals surface area contributed by atoms with Gasteiger partial charge in [-0.05, 0) is 39.0 Å². The lowest BCUT2D eigenvalue weighted by molar-refractivity contribution is 0.109. The molecule has 0 radical (unpaired) electrons. The van der Waals surface area contributed by atoms with Crippen LogP contribution in [0.2, 0.25) is 45.8 Å². The number of hydrogen-bond acceptors (Lipinski definition) is 2. The summed E-state index contributed by atoms with van der Waals surface area (Å²) in [7, 11) is -3.93. The average Bonchev–Trinajstić information content (AvgIpc) is 2.20. The zero-order chi connectivity index (χ0) is 14.6. The Morgan fingerprint density at radius 3 is 1.67 bits per heavy atom. The molecule has 0 aliphatic heterocycles. The van der Waals surface area contributed by atoms with Crippen molar-refractivity contribution in [3.8, 4) is 0 Å². The van der Waals surface area contributed by atoms with Crippen LogP contribution in [0.1, 0.15) is 26.7 Å². The molecule has 0 amide bonds. The van der Waals surface area contributed by atoms with E-state index in [4.69, 9.17) is 8.85 Å². The molecule has 0 bridgehead atoms. The molecule has 0 aromatic rings. The minimum atomic E-state index is -1.51. The van der Waals surface area contributed by atoms with Gasteiger partial charge in [-0.25, -0.2) is 0 Å². The van der Waals surface area contributed by atoms with Crippen molar-refractivity contribution < 1.29 is 8.85 Å². The van der Waals surface area contributed by atoms with E-state index >= 15 is 0 Å². The second kappa shape index (κ2) is 6.83. The topological polar surface area (TPSA) is 18.5 Å². The van der Waals surface area contributed by atoms with E-state index < -0.39 is 25.4 Å². The molecule has 18 heavy (non-hydrogen) atoms. The molecule has 5 heteroatoms. The molecule has 2 nitrogen and oxygen atoms in total. The maximum atomic E-state index is 6.54. The van der Waals surface area contributed by atoms with Crippen LogP contribution in [-0.4, -0.2) is 36.9 Å². The van der Waals surface area contributed by atoms with E-state index in [9.17, 15) is 0 Å². The minimum Gasteiger partial charge on any atom is -0.421 e. The molecule has 0 saturated carbocycles. The van der Waals surface area contributed by atoms with Crippen LogP contribution in [0.5, 0.6) is 0 Å². The molecular weight excluding hydrogens is 272 g/mol. The quantitative estimate of drug-likeness (QED) is 0.626. The fraction of sp³-hybridized carbons (Fsp3) is 1.00. The van der Waals surface area contributed by atoms with Gasteiger partial charge < -0.3 is 8.85 Å². The van der Waals surface area contributed by atoms with E-state index in [0.717, 1.165) is 19.1 Å². The van der Waals surface area contributed by atoms with Crippen molar-refractivity contribution in [1.29, 1.82) is 0 Å². The molecule has 0 fully saturated rings. The summed E-state index contributed by atoms with van der Waals surface area (Å²) in [4.78, 5) is 0. The van der Waals surface area contributed by atoms with Crippen LogP contribution < -0.4 is 0 Å². The number of hydrogen-bond donors (Lipinski definition) is 0. The maximum absolute atomic E-state index is 6.54. The van der Waals surface area contributed by atoms with Crippen LogP contribution >= 0.6 is 0 Å². The van der Waals surface area contributed by atoms with Crippen molar-refractivity contribution in [2.45, 2.75) is 77.7 Å². The lowest BCUT2D eigenvalue weighted by Crippen LogP contribution is -2.54. The Morgan fingerprint density at radius 1 is 0.944 bits per heavy atom. The molecule has 1 atom stereocenters. The molecule has 0 heterocycles. The van der Waals surface area contributed by atoms with Gasteiger partial charge in [0.25, 0.3) is 0 Å². The predicted molar refractivity (Wildman–Crippen MR) is 90.1 cm³/mol. The van der Waals surface area contributed by atoms with Gasteiger partial charge in [-0.2, -0.15) is 0 Å². The first kappa shape index (κ1) is 18.6. The molecule has 0 aliphatic carbocycles. The van der Waals surface area contributed by atoms with Crippen LogP contribution in [0.25, 0.3) is 0 Å². The Labute approximate surface area is 118 Å². The number of rotatable bonds is 8. The van der Waals surface area contributed by atoms with Crippen molar-refractivity contribution in [2.24, 2.45) is 0 Å². The van der Waals surface area contributed by atoms with Gasteiger partial charge in [0.05, 0.1) is 13.3 Å². The Hall–Kier alpha value is 0.571. The molecule has 0 aromatic heterocycles. The van der Waals surface area contributed by atoms with Gasteiger partial charge in [-0.1, -0.05) is 33.5 Å². The van der Waals surface area contributed by atoms with Crippen molar-refractivity contribution in [2.75, 3.05) is 6.23 Å². The van der Waals surface area contributed by atoms with Crippen molar-refractivity contribution in [1.82, 2.24) is 0 Å². The van der Waals surface area contributed by atoms with Gasteiger partial charge in [0, 0.05) is 6.23 Å². The Kier molecular flexibility index (Phi) is 7.05. The third-order valence-corrected chi connectivity index (χ3v) is 8.92. The molecule has 0 spiro atoms. The van der Waals surface area contributed by atoms with Crippen molar-refractivity contribution >= 4 is 25.4 Å². The summed E-state index contributed by atoms with van der Waals surface area (Å²) >= 11 is 0. The highest BCUT2D eigenvalue weighted by molar-refractivity contribution is 6.76. The second-order valence-corrected chi connectivity index (χ2v) is 20.0. The van der Waals surface area contributed by atoms with Crippen molar-refractivity contribution in [3.05, 3.63) is 0 Å². The fourth-order valence-electron chi connectivity index (χ4n) is 2.19. The molecule has 110 valence electrons. The van der Waals surface area contributed by atoms with Crippen LogP contribution in [0, 0.1) is 0 Å². The fourth-order valence-corrected chi connectivity index (χ4v) is 9.88. The summed E-state index contributed by atoms with van der Waals surface area (Å²) in [5, 5.41) is 0.0458. The summed E-state index contributed by atoms with van der Waals surface area (Å²) < 4.78 is 12.8. The van der Waals surface area contributed by atoms with E-state index in [2.05, 4.69) is 59.7 Å². The van der Waals surface area contributed by atoms with Crippen LogP contribution in [0.15, 0.2) is 0 Å². The molecule has 0 rings (SSSR count). The van der Waals surface area contributed by atoms with Gasteiger partial charge >= 0.3 is 0 Å². The monoisotopic (exact) mass is 306 g/mol. The van der Waals surface area contributed by atoms with Crippen LogP contribution in [0.3, 0.4) is 0 Å². The summed E-state index contributed by atoms with van der Waals surface area (Å²) in [6.45, 7) is 20.8. The lowest BCUT2D eigenvalue weighted by Gasteiger charge is -2.42. The molecule has 0 N–H and O–H groups in total. The highest BCUT2D eigenvalue weighted by Crippen LogP contribution is 2.29. The Bertz CT molecular complexity index is 240. The summed E-state index contributed by atoms with van der Waals surface area (Å²) in [5.41, 5.74) is 0. The zero-order valence-corrected chi connectivity index (χ0v) is 17.2. The standard InChI is InChI=1S/C13H34O2Si3/c1-10-13(11-2,15-18(7,8)9)16(3)14-12-17(4,5)6/h16H,10-12H2,1-9H3. The van der Waals surface area contributed by atoms with Gasteiger partial charge in [0.15, 0.2) is 8.32 Å². The Balaban J connectivity index is 4.77. The highest BCUT2D eigenvalue weighted by Gasteiger charge is 2.40. The zero-order valence-electron chi connectivity index (χ0n) is 14.0. The van der Waals surface area contributed by atoms with Crippen molar-refractivity contribution in [3.63, 3.8) is 0 Å². The highest BCUT2D eigenvalue weighted by atomic mass is 28.4. The van der Waals surface area contributed by atoms with Gasteiger partial charge in [-0.3, -0.25) is 0 Å². The van der Waals surface area contributed by atoms with E-state index in [1.54, 1.807) is 0 Å². The van der Waals surface area contributed by atoms with Crippen LogP contribution in [-0.2, 0) is 8.85 Å². The van der Waals surface area contributed by atoms with E-state index in [-0.39, 0.29) is 5.22 Å². The summed E-state index contributed by atoms with van der Waals surface area (Å²) in [6, 6.07) is 0. The minimum absolute atomic E-state index is 0.0458. The molecule has 0 aliphatic rings. The van der Waals surface area contributed by atoms with E-state index in [1.807, 2.05) is 0 Å². The summed E-state index contributed by atoms with van der Waals surface area (Å²) in [5.74, 6) is 0. The third-order valence-electron chi connectivity index (χ3n) is 3.21. The molecular formula is C13H34O2Si3. The molecule has 0 aromatic carbocycles. The van der Waals surface area contributed by atoms with Gasteiger partial charge in [0.2, 0.25) is 9.04 Å². The predicted octanol–water partition coefficient (Wildman–Crippen LogP) is 4.18. The smallest absolute Gasteiger partial charge is 0.203 e. The first-order valence-electron chi connectivity index (χ1n) is 7.27. The average molecular weight is 307 g/mol. The molecule has 1 unspecified atom stereocenters.